The summed E-state index contributed by atoms with van der Waals surface area (Å²) in [6.07, 6.45) is 3.73. The number of benzene rings is 1. The summed E-state index contributed by atoms with van der Waals surface area (Å²) in [4.78, 5) is 33.5. The fourth-order valence-corrected chi connectivity index (χ4v) is 3.58. The Labute approximate surface area is 157 Å². The van der Waals surface area contributed by atoms with Gasteiger partial charge in [0.25, 0.3) is 11.5 Å². The van der Waals surface area contributed by atoms with E-state index in [9.17, 15) is 9.59 Å². The van der Waals surface area contributed by atoms with Gasteiger partial charge in [0.2, 0.25) is 0 Å². The molecule has 1 aromatic carbocycles. The average Bonchev–Trinajstić information content (AvgIpc) is 2.64. The van der Waals surface area contributed by atoms with E-state index < -0.39 is 0 Å². The molecule has 1 aromatic heterocycles. The number of likely N-dealkylation sites (tertiary alicyclic amines) is 1. The lowest BCUT2D eigenvalue weighted by Crippen LogP contribution is -2.44. The summed E-state index contributed by atoms with van der Waals surface area (Å²) < 4.78 is 0. The predicted octanol–water partition coefficient (Wildman–Crippen LogP) is 2.03. The Hall–Kier alpha value is -2.12. The monoisotopic (exact) mass is 372 g/mol. The van der Waals surface area contributed by atoms with Crippen molar-refractivity contribution >= 4 is 17.7 Å². The second-order valence-corrected chi connectivity index (χ2v) is 7.39. The highest BCUT2D eigenvalue weighted by molar-refractivity contribution is 7.97. The number of hydrogen-bond acceptors (Lipinski definition) is 5. The first-order chi connectivity index (χ1) is 12.6. The molecule has 2 aromatic rings. The highest BCUT2D eigenvalue weighted by Gasteiger charge is 2.22. The van der Waals surface area contributed by atoms with Gasteiger partial charge in [0, 0.05) is 31.7 Å². The molecule has 0 bridgehead atoms. The number of H-pyrrole nitrogens is 1. The van der Waals surface area contributed by atoms with E-state index in [1.807, 2.05) is 12.3 Å². The van der Waals surface area contributed by atoms with E-state index in [0.717, 1.165) is 32.5 Å². The van der Waals surface area contributed by atoms with Crippen molar-refractivity contribution in [2.45, 2.75) is 31.2 Å². The molecule has 1 fully saturated rings. The normalized spacial score (nSPS) is 15.7. The van der Waals surface area contributed by atoms with Gasteiger partial charge in [-0.25, -0.2) is 4.98 Å². The first-order valence-corrected chi connectivity index (χ1v) is 10.2. The smallest absolute Gasteiger partial charge is 0.270 e. The predicted molar refractivity (Wildman–Crippen MR) is 104 cm³/mol. The lowest BCUT2D eigenvalue weighted by atomic mass is 10.0. The lowest BCUT2D eigenvalue weighted by Gasteiger charge is -2.32. The molecule has 0 unspecified atom stereocenters. The maximum Gasteiger partial charge on any atom is 0.270 e. The number of piperidine rings is 1. The van der Waals surface area contributed by atoms with E-state index in [4.69, 9.17) is 0 Å². The van der Waals surface area contributed by atoms with Crippen LogP contribution in [0.25, 0.3) is 0 Å². The van der Waals surface area contributed by atoms with Crippen molar-refractivity contribution in [2.75, 3.05) is 19.3 Å². The average molecular weight is 372 g/mol. The van der Waals surface area contributed by atoms with Gasteiger partial charge in [0.1, 0.15) is 11.5 Å². The summed E-state index contributed by atoms with van der Waals surface area (Å²) in [7, 11) is 0. The first kappa shape index (κ1) is 18.7. The number of nitrogens with one attached hydrogen (secondary N) is 2. The fourth-order valence-electron chi connectivity index (χ4n) is 3.17. The van der Waals surface area contributed by atoms with Crippen LogP contribution in [-0.2, 0) is 12.3 Å². The zero-order valence-electron chi connectivity index (χ0n) is 14.9. The second-order valence-electron chi connectivity index (χ2n) is 6.52. The molecule has 6 nitrogen and oxygen atoms in total. The SMILES string of the molecule is CSCc1nc(C(=O)NC2CCN(Cc3ccccc3)CC2)cc(=O)[nH]1. The van der Waals surface area contributed by atoms with E-state index in [1.165, 1.54) is 11.6 Å². The van der Waals surface area contributed by atoms with Crippen LogP contribution in [0.1, 0.15) is 34.7 Å². The molecule has 0 radical (unpaired) electrons. The molecule has 1 amide bonds. The molecule has 2 N–H and O–H groups in total. The number of carbonyl (C=O) groups is 1. The molecule has 0 aliphatic carbocycles. The van der Waals surface area contributed by atoms with Crippen molar-refractivity contribution in [2.24, 2.45) is 0 Å². The van der Waals surface area contributed by atoms with Crippen LogP contribution >= 0.6 is 11.8 Å². The Balaban J connectivity index is 1.53. The molecule has 2 heterocycles. The first-order valence-electron chi connectivity index (χ1n) is 8.80. The van der Waals surface area contributed by atoms with Crippen LogP contribution in [0.4, 0.5) is 0 Å². The quantitative estimate of drug-likeness (QED) is 0.811. The van der Waals surface area contributed by atoms with Crippen molar-refractivity contribution < 1.29 is 4.79 Å². The number of thioether (sulfide) groups is 1. The zero-order chi connectivity index (χ0) is 18.4. The van der Waals surface area contributed by atoms with Gasteiger partial charge in [-0.15, -0.1) is 0 Å². The van der Waals surface area contributed by atoms with E-state index in [0.29, 0.717) is 11.6 Å². The van der Waals surface area contributed by atoms with Crippen LogP contribution in [0.2, 0.25) is 0 Å². The van der Waals surface area contributed by atoms with Gasteiger partial charge >= 0.3 is 0 Å². The highest BCUT2D eigenvalue weighted by atomic mass is 32.2. The summed E-state index contributed by atoms with van der Waals surface area (Å²) in [5.74, 6) is 0.849. The second kappa shape index (κ2) is 9.00. The summed E-state index contributed by atoms with van der Waals surface area (Å²) in [6.45, 7) is 2.83. The molecular formula is C19H24N4O2S. The summed E-state index contributed by atoms with van der Waals surface area (Å²) in [5, 5.41) is 3.03. The highest BCUT2D eigenvalue weighted by Crippen LogP contribution is 2.14. The van der Waals surface area contributed by atoms with E-state index >= 15 is 0 Å². The Morgan fingerprint density at radius 1 is 1.31 bits per heavy atom. The summed E-state index contributed by atoms with van der Waals surface area (Å²) >= 11 is 1.55. The van der Waals surface area contributed by atoms with Crippen LogP contribution in [0.3, 0.4) is 0 Å². The standard InChI is InChI=1S/C19H24N4O2S/c1-26-13-17-21-16(11-18(24)22-17)19(25)20-15-7-9-23(10-8-15)12-14-5-3-2-4-6-14/h2-6,11,15H,7-10,12-13H2,1H3,(H,20,25)(H,21,22,24). The lowest BCUT2D eigenvalue weighted by molar-refractivity contribution is 0.0903. The van der Waals surface area contributed by atoms with Crippen LogP contribution < -0.4 is 10.9 Å². The maximum atomic E-state index is 12.4. The molecule has 7 heteroatoms. The molecule has 1 aliphatic rings. The molecule has 1 saturated heterocycles. The molecule has 138 valence electrons. The number of amides is 1. The van der Waals surface area contributed by atoms with Gasteiger partial charge < -0.3 is 10.3 Å². The molecule has 1 aliphatic heterocycles. The zero-order valence-corrected chi connectivity index (χ0v) is 15.7. The van der Waals surface area contributed by atoms with Gasteiger partial charge in [-0.05, 0) is 24.7 Å². The topological polar surface area (TPSA) is 78.1 Å². The molecule has 0 spiro atoms. The van der Waals surface area contributed by atoms with E-state index in [-0.39, 0.29) is 23.2 Å². The van der Waals surface area contributed by atoms with Crippen LogP contribution in [0.5, 0.6) is 0 Å². The fraction of sp³-hybridized carbons (Fsp3) is 0.421. The Kier molecular flexibility index (Phi) is 6.46. The van der Waals surface area contributed by atoms with Crippen molar-refractivity contribution in [3.05, 3.63) is 63.8 Å². The summed E-state index contributed by atoms with van der Waals surface area (Å²) in [5.41, 5.74) is 1.22. The third-order valence-electron chi connectivity index (χ3n) is 4.48. The largest absolute Gasteiger partial charge is 0.348 e. The van der Waals surface area contributed by atoms with E-state index in [2.05, 4.69) is 44.5 Å². The van der Waals surface area contributed by atoms with Crippen LogP contribution in [0, 0.1) is 0 Å². The van der Waals surface area contributed by atoms with Gasteiger partial charge in [-0.2, -0.15) is 11.8 Å². The Morgan fingerprint density at radius 2 is 2.04 bits per heavy atom. The number of aromatic amines is 1. The number of aromatic nitrogens is 2. The number of hydrogen-bond donors (Lipinski definition) is 2. The van der Waals surface area contributed by atoms with E-state index in [1.54, 1.807) is 11.8 Å². The Bertz CT molecular complexity index is 786. The van der Waals surface area contributed by atoms with Crippen molar-refractivity contribution in [3.8, 4) is 0 Å². The van der Waals surface area contributed by atoms with Crippen molar-refractivity contribution in [3.63, 3.8) is 0 Å². The maximum absolute atomic E-state index is 12.4. The molecule has 3 rings (SSSR count). The molecule has 0 atom stereocenters. The third kappa shape index (κ3) is 5.19. The minimum Gasteiger partial charge on any atom is -0.348 e. The van der Waals surface area contributed by atoms with Crippen molar-refractivity contribution in [1.29, 1.82) is 0 Å². The summed E-state index contributed by atoms with van der Waals surface area (Å²) in [6, 6.07) is 11.8. The van der Waals surface area contributed by atoms with Crippen molar-refractivity contribution in [1.82, 2.24) is 20.2 Å². The third-order valence-corrected chi connectivity index (χ3v) is 5.04. The molecular weight excluding hydrogens is 348 g/mol. The number of nitrogens with zero attached hydrogens (tertiary/aromatic N) is 2. The van der Waals surface area contributed by atoms with Gasteiger partial charge in [0.15, 0.2) is 0 Å². The number of rotatable bonds is 6. The van der Waals surface area contributed by atoms with Crippen LogP contribution in [0.15, 0.2) is 41.2 Å². The minimum absolute atomic E-state index is 0.125. The minimum atomic E-state index is -0.285. The van der Waals surface area contributed by atoms with Crippen LogP contribution in [-0.4, -0.2) is 46.2 Å². The molecule has 26 heavy (non-hydrogen) atoms. The number of carbonyl (C=O) groups excluding carboxylic acids is 1. The van der Waals surface area contributed by atoms with Gasteiger partial charge in [0.05, 0.1) is 5.75 Å². The Morgan fingerprint density at radius 3 is 2.73 bits per heavy atom. The molecule has 0 saturated carbocycles. The van der Waals surface area contributed by atoms with Gasteiger partial charge in [-0.1, -0.05) is 30.3 Å². The van der Waals surface area contributed by atoms with Gasteiger partial charge in [-0.3, -0.25) is 14.5 Å².